The van der Waals surface area contributed by atoms with Crippen LogP contribution in [0, 0.1) is 12.7 Å². The number of benzene rings is 1. The van der Waals surface area contributed by atoms with Crippen LogP contribution < -0.4 is 0 Å². The minimum absolute atomic E-state index is 0.112. The molecule has 1 saturated heterocycles. The molecular weight excluding hydrogens is 303 g/mol. The Morgan fingerprint density at radius 2 is 2.00 bits per heavy atom. The highest BCUT2D eigenvalue weighted by molar-refractivity contribution is 7.15. The van der Waals surface area contributed by atoms with Gasteiger partial charge in [-0.2, -0.15) is 0 Å². The quantitative estimate of drug-likeness (QED) is 0.873. The van der Waals surface area contributed by atoms with Crippen molar-refractivity contribution >= 4 is 17.2 Å². The van der Waals surface area contributed by atoms with E-state index in [1.807, 2.05) is 11.8 Å². The maximum atomic E-state index is 13.0. The minimum Gasteiger partial charge on any atom is -0.378 e. The molecule has 0 aliphatic carbocycles. The molecule has 1 aliphatic heterocycles. The fourth-order valence-electron chi connectivity index (χ4n) is 2.37. The third-order valence-electron chi connectivity index (χ3n) is 3.66. The Bertz CT molecular complexity index is 663. The zero-order valence-electron chi connectivity index (χ0n) is 12.3. The molecule has 0 radical (unpaired) electrons. The average molecular weight is 320 g/mol. The molecule has 1 aromatic carbocycles. The van der Waals surface area contributed by atoms with Gasteiger partial charge in [0.25, 0.3) is 0 Å². The van der Waals surface area contributed by atoms with Gasteiger partial charge in [-0.05, 0) is 31.2 Å². The maximum absolute atomic E-state index is 13.0. The van der Waals surface area contributed by atoms with E-state index in [9.17, 15) is 9.18 Å². The second-order valence-corrected chi connectivity index (χ2v) is 6.29. The number of ether oxygens (including phenoxy) is 1. The molecule has 1 amide bonds. The molecule has 1 aliphatic rings. The lowest BCUT2D eigenvalue weighted by Crippen LogP contribution is -2.41. The monoisotopic (exact) mass is 320 g/mol. The van der Waals surface area contributed by atoms with Crippen LogP contribution in [0.1, 0.15) is 10.6 Å². The van der Waals surface area contributed by atoms with Gasteiger partial charge in [-0.1, -0.05) is 0 Å². The molecule has 0 unspecified atom stereocenters. The third-order valence-corrected chi connectivity index (χ3v) is 4.87. The van der Waals surface area contributed by atoms with Crippen LogP contribution in [0.3, 0.4) is 0 Å². The Kier molecular flexibility index (Phi) is 4.49. The molecule has 2 heterocycles. The summed E-state index contributed by atoms with van der Waals surface area (Å²) in [5.41, 5.74) is 1.74. The second-order valence-electron chi connectivity index (χ2n) is 5.20. The number of amides is 1. The fraction of sp³-hybridized carbons (Fsp3) is 0.375. The van der Waals surface area contributed by atoms with Crippen LogP contribution >= 0.6 is 11.3 Å². The topological polar surface area (TPSA) is 42.4 Å². The van der Waals surface area contributed by atoms with E-state index < -0.39 is 0 Å². The van der Waals surface area contributed by atoms with Crippen molar-refractivity contribution in [3.05, 3.63) is 40.7 Å². The third kappa shape index (κ3) is 3.34. The summed E-state index contributed by atoms with van der Waals surface area (Å²) in [6.45, 7) is 4.43. The molecular formula is C16H17FN2O2S. The number of aryl methyl sites for hydroxylation is 1. The van der Waals surface area contributed by atoms with E-state index in [2.05, 4.69) is 4.98 Å². The molecule has 0 bridgehead atoms. The maximum Gasteiger partial charge on any atom is 0.228 e. The number of hydrogen-bond acceptors (Lipinski definition) is 4. The highest BCUT2D eigenvalue weighted by atomic mass is 32.1. The highest BCUT2D eigenvalue weighted by Gasteiger charge is 2.19. The summed E-state index contributed by atoms with van der Waals surface area (Å²) >= 11 is 1.50. The Balaban J connectivity index is 1.74. The first-order valence-electron chi connectivity index (χ1n) is 7.21. The molecule has 116 valence electrons. The SMILES string of the molecule is Cc1nc(-c2ccc(F)cc2)sc1CC(=O)N1CCOCC1. The van der Waals surface area contributed by atoms with Gasteiger partial charge in [-0.25, -0.2) is 9.37 Å². The number of halogens is 1. The Hall–Kier alpha value is -1.79. The molecule has 22 heavy (non-hydrogen) atoms. The number of nitrogens with zero attached hydrogens (tertiary/aromatic N) is 2. The van der Waals surface area contributed by atoms with E-state index in [-0.39, 0.29) is 11.7 Å². The van der Waals surface area contributed by atoms with Crippen molar-refractivity contribution in [2.75, 3.05) is 26.3 Å². The smallest absolute Gasteiger partial charge is 0.228 e. The van der Waals surface area contributed by atoms with Gasteiger partial charge >= 0.3 is 0 Å². The molecule has 0 saturated carbocycles. The Morgan fingerprint density at radius 1 is 1.32 bits per heavy atom. The summed E-state index contributed by atoms with van der Waals surface area (Å²) in [4.78, 5) is 19.6. The van der Waals surface area contributed by atoms with Crippen LogP contribution in [0.25, 0.3) is 10.6 Å². The average Bonchev–Trinajstić information content (AvgIpc) is 2.90. The van der Waals surface area contributed by atoms with Gasteiger partial charge in [0.2, 0.25) is 5.91 Å². The van der Waals surface area contributed by atoms with Gasteiger partial charge < -0.3 is 9.64 Å². The molecule has 0 atom stereocenters. The number of carbonyl (C=O) groups is 1. The Morgan fingerprint density at radius 3 is 2.68 bits per heavy atom. The van der Waals surface area contributed by atoms with Gasteiger partial charge in [0, 0.05) is 23.5 Å². The van der Waals surface area contributed by atoms with Crippen LogP contribution in [0.5, 0.6) is 0 Å². The van der Waals surface area contributed by atoms with Crippen LogP contribution in [-0.4, -0.2) is 42.1 Å². The normalized spacial score (nSPS) is 15.1. The van der Waals surface area contributed by atoms with Gasteiger partial charge in [0.15, 0.2) is 0 Å². The van der Waals surface area contributed by atoms with Crippen molar-refractivity contribution < 1.29 is 13.9 Å². The van der Waals surface area contributed by atoms with Crippen molar-refractivity contribution in [3.63, 3.8) is 0 Å². The predicted molar refractivity (Wildman–Crippen MR) is 83.3 cm³/mol. The van der Waals surface area contributed by atoms with Crippen molar-refractivity contribution in [3.8, 4) is 10.6 Å². The number of rotatable bonds is 3. The van der Waals surface area contributed by atoms with Gasteiger partial charge in [-0.15, -0.1) is 11.3 Å². The summed E-state index contributed by atoms with van der Waals surface area (Å²) in [6.07, 6.45) is 0.366. The fourth-order valence-corrected chi connectivity index (χ4v) is 3.43. The minimum atomic E-state index is -0.264. The number of thiazole rings is 1. The standard InChI is InChI=1S/C16H17FN2O2S/c1-11-14(10-15(20)19-6-8-21-9-7-19)22-16(18-11)12-2-4-13(17)5-3-12/h2-5H,6-10H2,1H3. The van der Waals surface area contributed by atoms with Gasteiger partial charge in [0.05, 0.1) is 25.3 Å². The van der Waals surface area contributed by atoms with E-state index in [1.54, 1.807) is 12.1 Å². The lowest BCUT2D eigenvalue weighted by molar-refractivity contribution is -0.134. The lowest BCUT2D eigenvalue weighted by atomic mass is 10.2. The molecule has 0 N–H and O–H groups in total. The molecule has 3 rings (SSSR count). The number of morpholine rings is 1. The zero-order chi connectivity index (χ0) is 15.5. The van der Waals surface area contributed by atoms with E-state index in [1.165, 1.54) is 23.5 Å². The molecule has 0 spiro atoms. The van der Waals surface area contributed by atoms with E-state index in [0.717, 1.165) is 21.1 Å². The summed E-state index contributed by atoms with van der Waals surface area (Å²) in [5, 5.41) is 0.822. The molecule has 1 fully saturated rings. The number of carbonyl (C=O) groups excluding carboxylic acids is 1. The summed E-state index contributed by atoms with van der Waals surface area (Å²) in [6, 6.07) is 6.26. The van der Waals surface area contributed by atoms with E-state index in [0.29, 0.717) is 32.7 Å². The van der Waals surface area contributed by atoms with Crippen molar-refractivity contribution in [2.24, 2.45) is 0 Å². The lowest BCUT2D eigenvalue weighted by Gasteiger charge is -2.26. The molecule has 6 heteroatoms. The largest absolute Gasteiger partial charge is 0.378 e. The predicted octanol–water partition coefficient (Wildman–Crippen LogP) is 2.66. The molecule has 1 aromatic heterocycles. The van der Waals surface area contributed by atoms with Gasteiger partial charge in [-0.3, -0.25) is 4.79 Å². The van der Waals surface area contributed by atoms with E-state index >= 15 is 0 Å². The second kappa shape index (κ2) is 6.54. The first-order chi connectivity index (χ1) is 10.6. The first kappa shape index (κ1) is 15.1. The van der Waals surface area contributed by atoms with Crippen LogP contribution in [0.15, 0.2) is 24.3 Å². The van der Waals surface area contributed by atoms with Crippen LogP contribution in [0.4, 0.5) is 4.39 Å². The van der Waals surface area contributed by atoms with E-state index in [4.69, 9.17) is 4.74 Å². The number of aromatic nitrogens is 1. The van der Waals surface area contributed by atoms with Crippen molar-refractivity contribution in [1.29, 1.82) is 0 Å². The van der Waals surface area contributed by atoms with Crippen LogP contribution in [-0.2, 0) is 16.0 Å². The Labute approximate surface area is 132 Å². The summed E-state index contributed by atoms with van der Waals surface area (Å²) in [5.74, 6) is -0.152. The zero-order valence-corrected chi connectivity index (χ0v) is 13.2. The molecule has 2 aromatic rings. The van der Waals surface area contributed by atoms with Crippen LogP contribution in [0.2, 0.25) is 0 Å². The number of hydrogen-bond donors (Lipinski definition) is 0. The summed E-state index contributed by atoms with van der Waals surface area (Å²) < 4.78 is 18.2. The van der Waals surface area contributed by atoms with Crippen molar-refractivity contribution in [1.82, 2.24) is 9.88 Å². The first-order valence-corrected chi connectivity index (χ1v) is 8.03. The van der Waals surface area contributed by atoms with Gasteiger partial charge in [0.1, 0.15) is 10.8 Å². The summed E-state index contributed by atoms with van der Waals surface area (Å²) in [7, 11) is 0. The van der Waals surface area contributed by atoms with Crippen molar-refractivity contribution in [2.45, 2.75) is 13.3 Å². The highest BCUT2D eigenvalue weighted by Crippen LogP contribution is 2.28. The molecule has 4 nitrogen and oxygen atoms in total.